The second-order valence-corrected chi connectivity index (χ2v) is 7.47. The van der Waals surface area contributed by atoms with Gasteiger partial charge in [-0.1, -0.05) is 73.7 Å². The van der Waals surface area contributed by atoms with Crippen molar-refractivity contribution >= 4 is 16.9 Å². The molecule has 162 valence electrons. The Hall–Kier alpha value is -3.86. The Morgan fingerprint density at radius 2 is 1.66 bits per heavy atom. The van der Waals surface area contributed by atoms with E-state index in [1.807, 2.05) is 67.6 Å². The quantitative estimate of drug-likeness (QED) is 0.353. The van der Waals surface area contributed by atoms with Crippen molar-refractivity contribution in [3.05, 3.63) is 100 Å². The maximum absolute atomic E-state index is 13.5. The molecular weight excluding hydrogens is 404 g/mol. The number of carbonyl (C=O) groups is 1. The second kappa shape index (κ2) is 9.52. The van der Waals surface area contributed by atoms with E-state index in [0.717, 1.165) is 11.1 Å². The van der Waals surface area contributed by atoms with Gasteiger partial charge in [-0.2, -0.15) is 0 Å². The molecular formula is C27H24O5. The molecule has 5 nitrogen and oxygen atoms in total. The molecule has 32 heavy (non-hydrogen) atoms. The van der Waals surface area contributed by atoms with Gasteiger partial charge in [0.2, 0.25) is 11.2 Å². The van der Waals surface area contributed by atoms with Crippen LogP contribution in [-0.4, -0.2) is 13.1 Å². The van der Waals surface area contributed by atoms with Crippen LogP contribution in [0.15, 0.2) is 88.1 Å². The number of hydrogen-bond acceptors (Lipinski definition) is 5. The topological polar surface area (TPSA) is 65.7 Å². The Balaban J connectivity index is 1.85. The molecule has 1 aromatic heterocycles. The minimum absolute atomic E-state index is 0.149. The molecule has 0 radical (unpaired) electrons. The SMILES string of the molecule is CCC(C(=O)OC)c1ccc2oc(-c3ccccc3)c(OCc3ccccc3)c(=O)c2c1. The first-order valence-corrected chi connectivity index (χ1v) is 10.5. The number of rotatable bonds is 7. The van der Waals surface area contributed by atoms with Gasteiger partial charge in [0, 0.05) is 5.56 Å². The summed E-state index contributed by atoms with van der Waals surface area (Å²) in [4.78, 5) is 25.7. The van der Waals surface area contributed by atoms with Gasteiger partial charge in [0.1, 0.15) is 12.2 Å². The van der Waals surface area contributed by atoms with Crippen LogP contribution in [0.1, 0.15) is 30.4 Å². The van der Waals surface area contributed by atoms with Crippen LogP contribution in [0.2, 0.25) is 0 Å². The van der Waals surface area contributed by atoms with Gasteiger partial charge in [0.15, 0.2) is 5.76 Å². The van der Waals surface area contributed by atoms with Crippen molar-refractivity contribution < 1.29 is 18.7 Å². The fraction of sp³-hybridized carbons (Fsp3) is 0.185. The molecule has 0 amide bonds. The maximum atomic E-state index is 13.5. The number of carbonyl (C=O) groups excluding carboxylic acids is 1. The monoisotopic (exact) mass is 428 g/mol. The third-order valence-corrected chi connectivity index (χ3v) is 5.43. The molecule has 0 fully saturated rings. The lowest BCUT2D eigenvalue weighted by atomic mass is 9.95. The molecule has 4 aromatic rings. The number of ether oxygens (including phenoxy) is 2. The minimum Gasteiger partial charge on any atom is -0.481 e. The van der Waals surface area contributed by atoms with E-state index >= 15 is 0 Å². The maximum Gasteiger partial charge on any atom is 0.313 e. The van der Waals surface area contributed by atoms with Crippen LogP contribution in [0.25, 0.3) is 22.3 Å². The van der Waals surface area contributed by atoms with Crippen molar-refractivity contribution in [1.82, 2.24) is 0 Å². The van der Waals surface area contributed by atoms with Crippen molar-refractivity contribution in [2.24, 2.45) is 0 Å². The zero-order valence-corrected chi connectivity index (χ0v) is 18.0. The molecule has 0 N–H and O–H groups in total. The summed E-state index contributed by atoms with van der Waals surface area (Å²) in [6.45, 7) is 2.14. The van der Waals surface area contributed by atoms with Gasteiger partial charge < -0.3 is 13.9 Å². The largest absolute Gasteiger partial charge is 0.481 e. The van der Waals surface area contributed by atoms with Crippen molar-refractivity contribution in [1.29, 1.82) is 0 Å². The third-order valence-electron chi connectivity index (χ3n) is 5.43. The molecule has 0 saturated carbocycles. The van der Waals surface area contributed by atoms with Crippen molar-refractivity contribution in [2.45, 2.75) is 25.9 Å². The molecule has 0 saturated heterocycles. The molecule has 0 spiro atoms. The Kier molecular flexibility index (Phi) is 6.36. The molecule has 4 rings (SSSR count). The van der Waals surface area contributed by atoms with Crippen LogP contribution in [0.5, 0.6) is 5.75 Å². The minimum atomic E-state index is -0.453. The summed E-state index contributed by atoms with van der Waals surface area (Å²) in [5.41, 5.74) is 2.56. The van der Waals surface area contributed by atoms with E-state index in [-0.39, 0.29) is 23.8 Å². The highest BCUT2D eigenvalue weighted by Gasteiger charge is 2.23. The van der Waals surface area contributed by atoms with Gasteiger partial charge in [0.05, 0.1) is 18.4 Å². The second-order valence-electron chi connectivity index (χ2n) is 7.47. The highest BCUT2D eigenvalue weighted by molar-refractivity contribution is 5.85. The Labute approximate surface area is 186 Å². The molecule has 1 heterocycles. The van der Waals surface area contributed by atoms with E-state index in [9.17, 15) is 9.59 Å². The van der Waals surface area contributed by atoms with Crippen LogP contribution in [0.4, 0.5) is 0 Å². The lowest BCUT2D eigenvalue weighted by molar-refractivity contribution is -0.142. The standard InChI is InChI=1S/C27H24O5/c1-3-21(27(29)30-2)20-14-15-23-22(16-20)24(28)26(31-17-18-10-6-4-7-11-18)25(32-23)19-12-8-5-9-13-19/h4-16,21H,3,17H2,1-2H3. The molecule has 3 aromatic carbocycles. The van der Waals surface area contributed by atoms with Gasteiger partial charge in [-0.3, -0.25) is 9.59 Å². The summed E-state index contributed by atoms with van der Waals surface area (Å²) in [6.07, 6.45) is 0.559. The van der Waals surface area contributed by atoms with Crippen LogP contribution in [0, 0.1) is 0 Å². The molecule has 0 bridgehead atoms. The van der Waals surface area contributed by atoms with Crippen molar-refractivity contribution in [3.63, 3.8) is 0 Å². The summed E-state index contributed by atoms with van der Waals surface area (Å²) in [5.74, 6) is -0.258. The van der Waals surface area contributed by atoms with Gasteiger partial charge >= 0.3 is 5.97 Å². The van der Waals surface area contributed by atoms with Gasteiger partial charge in [0.25, 0.3) is 0 Å². The van der Waals surface area contributed by atoms with Gasteiger partial charge in [-0.05, 0) is 29.7 Å². The lowest BCUT2D eigenvalue weighted by Crippen LogP contribution is -2.15. The Morgan fingerprint density at radius 3 is 2.31 bits per heavy atom. The van der Waals surface area contributed by atoms with E-state index in [1.165, 1.54) is 7.11 Å². The smallest absolute Gasteiger partial charge is 0.313 e. The molecule has 1 unspecified atom stereocenters. The molecule has 0 aliphatic carbocycles. The van der Waals surface area contributed by atoms with E-state index in [0.29, 0.717) is 28.7 Å². The third kappa shape index (κ3) is 4.28. The van der Waals surface area contributed by atoms with E-state index in [1.54, 1.807) is 18.2 Å². The molecule has 0 aliphatic rings. The van der Waals surface area contributed by atoms with Gasteiger partial charge in [-0.25, -0.2) is 0 Å². The lowest BCUT2D eigenvalue weighted by Gasteiger charge is -2.15. The Morgan fingerprint density at radius 1 is 0.969 bits per heavy atom. The fourth-order valence-electron chi connectivity index (χ4n) is 3.73. The summed E-state index contributed by atoms with van der Waals surface area (Å²) >= 11 is 0. The first-order valence-electron chi connectivity index (χ1n) is 10.5. The molecule has 1 atom stereocenters. The summed E-state index contributed by atoms with van der Waals surface area (Å²) in [5, 5.41) is 0.368. The van der Waals surface area contributed by atoms with Crippen LogP contribution in [0.3, 0.4) is 0 Å². The summed E-state index contributed by atoms with van der Waals surface area (Å²) < 4.78 is 17.1. The molecule has 5 heteroatoms. The average molecular weight is 428 g/mol. The van der Waals surface area contributed by atoms with Crippen LogP contribution in [-0.2, 0) is 16.1 Å². The zero-order valence-electron chi connectivity index (χ0n) is 18.0. The summed E-state index contributed by atoms with van der Waals surface area (Å²) in [7, 11) is 1.36. The fourth-order valence-corrected chi connectivity index (χ4v) is 3.73. The predicted octanol–water partition coefficient (Wildman–Crippen LogP) is 5.71. The van der Waals surface area contributed by atoms with Crippen molar-refractivity contribution in [3.8, 4) is 17.1 Å². The van der Waals surface area contributed by atoms with E-state index in [2.05, 4.69) is 0 Å². The molecule has 0 aliphatic heterocycles. The number of esters is 1. The zero-order chi connectivity index (χ0) is 22.5. The average Bonchev–Trinajstić information content (AvgIpc) is 2.85. The van der Waals surface area contributed by atoms with E-state index in [4.69, 9.17) is 13.9 Å². The Bertz CT molecular complexity index is 1280. The van der Waals surface area contributed by atoms with Crippen molar-refractivity contribution in [2.75, 3.05) is 7.11 Å². The number of methoxy groups -OCH3 is 1. The first kappa shape index (κ1) is 21.4. The number of hydrogen-bond donors (Lipinski definition) is 0. The first-order chi connectivity index (χ1) is 15.6. The van der Waals surface area contributed by atoms with Crippen LogP contribution < -0.4 is 10.2 Å². The highest BCUT2D eigenvalue weighted by atomic mass is 16.5. The van der Waals surface area contributed by atoms with Gasteiger partial charge in [-0.15, -0.1) is 0 Å². The normalized spacial score (nSPS) is 11.8. The number of benzene rings is 3. The summed E-state index contributed by atoms with van der Waals surface area (Å²) in [6, 6.07) is 24.3. The highest BCUT2D eigenvalue weighted by Crippen LogP contribution is 2.33. The number of fused-ring (bicyclic) bond motifs is 1. The van der Waals surface area contributed by atoms with Crippen LogP contribution >= 0.6 is 0 Å². The van der Waals surface area contributed by atoms with E-state index < -0.39 is 5.92 Å². The predicted molar refractivity (Wildman–Crippen MR) is 124 cm³/mol.